The van der Waals surface area contributed by atoms with Gasteiger partial charge in [0.1, 0.15) is 12.3 Å². The largest absolute Gasteiger partial charge is 0.425 e. The number of urea groups is 1. The van der Waals surface area contributed by atoms with Crippen LogP contribution in [-0.4, -0.2) is 29.5 Å². The standard InChI is InChI=1S/C17H17N3O4/c1-12(20-23)13-7-9-14(10-8-13)19-17(22)18-11-16(21)24-15-5-3-2-4-6-15/h2-10,23H,11H2,1H3,(H2,18,19,22)/b20-12+. The zero-order valence-electron chi connectivity index (χ0n) is 13.0. The fourth-order valence-corrected chi connectivity index (χ4v) is 1.84. The predicted molar refractivity (Wildman–Crippen MR) is 89.5 cm³/mol. The van der Waals surface area contributed by atoms with Crippen molar-refractivity contribution in [1.29, 1.82) is 0 Å². The first-order chi connectivity index (χ1) is 11.6. The van der Waals surface area contributed by atoms with E-state index in [2.05, 4.69) is 15.8 Å². The van der Waals surface area contributed by atoms with Crippen LogP contribution in [0.25, 0.3) is 0 Å². The van der Waals surface area contributed by atoms with Crippen molar-refractivity contribution < 1.29 is 19.5 Å². The summed E-state index contributed by atoms with van der Waals surface area (Å²) in [5.41, 5.74) is 1.74. The van der Waals surface area contributed by atoms with Gasteiger partial charge in [0.25, 0.3) is 0 Å². The lowest BCUT2D eigenvalue weighted by atomic mass is 10.1. The highest BCUT2D eigenvalue weighted by atomic mass is 16.5. The smallest absolute Gasteiger partial charge is 0.330 e. The molecule has 0 saturated heterocycles. The Bertz CT molecular complexity index is 727. The van der Waals surface area contributed by atoms with E-state index in [9.17, 15) is 9.59 Å². The Labute approximate surface area is 138 Å². The van der Waals surface area contributed by atoms with Gasteiger partial charge in [-0.25, -0.2) is 9.59 Å². The van der Waals surface area contributed by atoms with E-state index in [1.165, 1.54) is 0 Å². The second-order valence-corrected chi connectivity index (χ2v) is 4.86. The number of rotatable bonds is 5. The average molecular weight is 327 g/mol. The van der Waals surface area contributed by atoms with Crippen LogP contribution >= 0.6 is 0 Å². The van der Waals surface area contributed by atoms with E-state index in [0.29, 0.717) is 17.1 Å². The van der Waals surface area contributed by atoms with Crippen LogP contribution in [0.1, 0.15) is 12.5 Å². The second-order valence-electron chi connectivity index (χ2n) is 4.86. The van der Waals surface area contributed by atoms with Crippen molar-refractivity contribution in [3.05, 3.63) is 60.2 Å². The Morgan fingerprint density at radius 2 is 1.75 bits per heavy atom. The molecule has 2 aromatic rings. The van der Waals surface area contributed by atoms with E-state index in [1.807, 2.05) is 6.07 Å². The molecule has 0 unspecified atom stereocenters. The van der Waals surface area contributed by atoms with E-state index < -0.39 is 12.0 Å². The Morgan fingerprint density at radius 1 is 1.08 bits per heavy atom. The van der Waals surface area contributed by atoms with Gasteiger partial charge in [-0.05, 0) is 36.8 Å². The Balaban J connectivity index is 1.79. The van der Waals surface area contributed by atoms with Crippen LogP contribution < -0.4 is 15.4 Å². The van der Waals surface area contributed by atoms with Gasteiger partial charge in [0.05, 0.1) is 5.71 Å². The number of nitrogens with zero attached hydrogens (tertiary/aromatic N) is 1. The Morgan fingerprint density at radius 3 is 2.38 bits per heavy atom. The quantitative estimate of drug-likeness (QED) is 0.258. The number of hydrogen-bond donors (Lipinski definition) is 3. The average Bonchev–Trinajstić information content (AvgIpc) is 2.61. The van der Waals surface area contributed by atoms with Crippen molar-refractivity contribution in [2.45, 2.75) is 6.92 Å². The maximum absolute atomic E-state index is 11.8. The summed E-state index contributed by atoms with van der Waals surface area (Å²) in [5.74, 6) is -0.150. The molecule has 0 bridgehead atoms. The number of carbonyl (C=O) groups is 2. The van der Waals surface area contributed by atoms with Crippen molar-refractivity contribution in [2.24, 2.45) is 5.16 Å². The van der Waals surface area contributed by atoms with E-state index in [1.54, 1.807) is 55.5 Å². The number of ether oxygens (including phenoxy) is 1. The van der Waals surface area contributed by atoms with Gasteiger partial charge >= 0.3 is 12.0 Å². The third-order valence-electron chi connectivity index (χ3n) is 3.08. The van der Waals surface area contributed by atoms with E-state index in [4.69, 9.17) is 9.94 Å². The number of carbonyl (C=O) groups excluding carboxylic acids is 2. The molecular formula is C17H17N3O4. The molecule has 0 heterocycles. The summed E-state index contributed by atoms with van der Waals surface area (Å²) in [6.07, 6.45) is 0. The summed E-state index contributed by atoms with van der Waals surface area (Å²) < 4.78 is 5.05. The summed E-state index contributed by atoms with van der Waals surface area (Å²) >= 11 is 0. The SMILES string of the molecule is C/C(=N\O)c1ccc(NC(=O)NCC(=O)Oc2ccccc2)cc1. The molecule has 0 radical (unpaired) electrons. The molecule has 7 heteroatoms. The summed E-state index contributed by atoms with van der Waals surface area (Å²) in [6.45, 7) is 1.41. The number of benzene rings is 2. The Kier molecular flexibility index (Phi) is 5.90. The highest BCUT2D eigenvalue weighted by Gasteiger charge is 2.08. The molecule has 0 aliphatic carbocycles. The van der Waals surface area contributed by atoms with Crippen molar-refractivity contribution in [3.8, 4) is 5.75 Å². The van der Waals surface area contributed by atoms with Crippen LogP contribution in [0, 0.1) is 0 Å². The number of hydrogen-bond acceptors (Lipinski definition) is 5. The van der Waals surface area contributed by atoms with Gasteiger partial charge in [-0.3, -0.25) is 0 Å². The van der Waals surface area contributed by atoms with Crippen molar-refractivity contribution >= 4 is 23.4 Å². The number of esters is 1. The molecule has 2 amide bonds. The molecule has 3 N–H and O–H groups in total. The van der Waals surface area contributed by atoms with Crippen molar-refractivity contribution in [2.75, 3.05) is 11.9 Å². The maximum atomic E-state index is 11.8. The fourth-order valence-electron chi connectivity index (χ4n) is 1.84. The summed E-state index contributed by atoms with van der Waals surface area (Å²) in [5, 5.41) is 16.8. The van der Waals surface area contributed by atoms with E-state index >= 15 is 0 Å². The zero-order chi connectivity index (χ0) is 17.4. The fraction of sp³-hybridized carbons (Fsp3) is 0.118. The lowest BCUT2D eigenvalue weighted by Gasteiger charge is -2.08. The highest BCUT2D eigenvalue weighted by molar-refractivity contribution is 5.99. The Hall–Kier alpha value is -3.35. The van der Waals surface area contributed by atoms with E-state index in [-0.39, 0.29) is 6.54 Å². The van der Waals surface area contributed by atoms with Gasteiger partial charge in [-0.2, -0.15) is 0 Å². The molecule has 124 valence electrons. The van der Waals surface area contributed by atoms with Crippen LogP contribution in [0.2, 0.25) is 0 Å². The highest BCUT2D eigenvalue weighted by Crippen LogP contribution is 2.10. The number of nitrogens with one attached hydrogen (secondary N) is 2. The van der Waals surface area contributed by atoms with Crippen LogP contribution in [0.15, 0.2) is 59.8 Å². The third-order valence-corrected chi connectivity index (χ3v) is 3.08. The number of oxime groups is 1. The van der Waals surface area contributed by atoms with Crippen LogP contribution in [0.5, 0.6) is 5.75 Å². The van der Waals surface area contributed by atoms with Crippen LogP contribution in [-0.2, 0) is 4.79 Å². The monoisotopic (exact) mass is 327 g/mol. The summed E-state index contributed by atoms with van der Waals surface area (Å²) in [7, 11) is 0. The third kappa shape index (κ3) is 5.13. The van der Waals surface area contributed by atoms with Crippen molar-refractivity contribution in [1.82, 2.24) is 5.32 Å². The first-order valence-corrected chi connectivity index (χ1v) is 7.18. The zero-order valence-corrected chi connectivity index (χ0v) is 13.0. The molecule has 7 nitrogen and oxygen atoms in total. The second kappa shape index (κ2) is 8.33. The molecule has 0 spiro atoms. The molecule has 0 atom stereocenters. The summed E-state index contributed by atoms with van der Waals surface area (Å²) in [6, 6.07) is 14.8. The van der Waals surface area contributed by atoms with Gasteiger partial charge in [-0.15, -0.1) is 0 Å². The molecule has 0 fully saturated rings. The van der Waals surface area contributed by atoms with E-state index in [0.717, 1.165) is 5.56 Å². The molecule has 0 aromatic heterocycles. The molecule has 0 saturated carbocycles. The lowest BCUT2D eigenvalue weighted by molar-refractivity contribution is -0.133. The predicted octanol–water partition coefficient (Wildman–Crippen LogP) is 2.61. The maximum Gasteiger partial charge on any atom is 0.330 e. The number of anilines is 1. The topological polar surface area (TPSA) is 100 Å². The first-order valence-electron chi connectivity index (χ1n) is 7.18. The van der Waals surface area contributed by atoms with Crippen LogP contribution in [0.4, 0.5) is 10.5 Å². The minimum absolute atomic E-state index is 0.255. The van der Waals surface area contributed by atoms with Gasteiger partial charge in [0.15, 0.2) is 0 Å². The molecule has 2 rings (SSSR count). The first kappa shape index (κ1) is 17.0. The molecule has 24 heavy (non-hydrogen) atoms. The normalized spacial score (nSPS) is 10.8. The minimum Gasteiger partial charge on any atom is -0.425 e. The van der Waals surface area contributed by atoms with Crippen molar-refractivity contribution in [3.63, 3.8) is 0 Å². The molecule has 0 aliphatic rings. The molecule has 0 aliphatic heterocycles. The van der Waals surface area contributed by atoms with Gasteiger partial charge in [-0.1, -0.05) is 35.5 Å². The number of para-hydroxylation sites is 1. The van der Waals surface area contributed by atoms with Crippen LogP contribution in [0.3, 0.4) is 0 Å². The van der Waals surface area contributed by atoms with Gasteiger partial charge < -0.3 is 20.6 Å². The molecule has 2 aromatic carbocycles. The lowest BCUT2D eigenvalue weighted by Crippen LogP contribution is -2.35. The number of amides is 2. The van der Waals surface area contributed by atoms with Gasteiger partial charge in [0.2, 0.25) is 0 Å². The van der Waals surface area contributed by atoms with Gasteiger partial charge in [0, 0.05) is 5.69 Å². The minimum atomic E-state index is -0.568. The summed E-state index contributed by atoms with van der Waals surface area (Å²) in [4.78, 5) is 23.4. The molecular weight excluding hydrogens is 310 g/mol.